The van der Waals surface area contributed by atoms with Gasteiger partial charge in [0.25, 0.3) is 0 Å². The van der Waals surface area contributed by atoms with E-state index in [0.29, 0.717) is 12.0 Å². The predicted molar refractivity (Wildman–Crippen MR) is 73.3 cm³/mol. The Kier molecular flexibility index (Phi) is 3.75. The van der Waals surface area contributed by atoms with E-state index in [1.165, 1.54) is 10.9 Å². The van der Waals surface area contributed by atoms with Crippen molar-refractivity contribution in [3.05, 3.63) is 42.1 Å². The molecule has 0 aliphatic rings. The first-order chi connectivity index (χ1) is 8.22. The number of rotatable bonds is 4. The number of benzene rings is 1. The Balaban J connectivity index is 2.34. The highest BCUT2D eigenvalue weighted by Crippen LogP contribution is 2.27. The van der Waals surface area contributed by atoms with Crippen molar-refractivity contribution in [2.45, 2.75) is 32.2 Å². The van der Waals surface area contributed by atoms with Crippen LogP contribution in [0.5, 0.6) is 0 Å². The molecule has 0 radical (unpaired) electrons. The van der Waals surface area contributed by atoms with Gasteiger partial charge in [0, 0.05) is 17.6 Å². The van der Waals surface area contributed by atoms with Crippen LogP contribution in [0.4, 0.5) is 0 Å². The molecular formula is C15H20N2. The van der Waals surface area contributed by atoms with Crippen LogP contribution in [0.1, 0.15) is 31.7 Å². The highest BCUT2D eigenvalue weighted by atomic mass is 14.8. The van der Waals surface area contributed by atoms with Crippen molar-refractivity contribution in [2.75, 3.05) is 7.05 Å². The molecule has 1 aromatic carbocycles. The van der Waals surface area contributed by atoms with Gasteiger partial charge in [0.15, 0.2) is 0 Å². The van der Waals surface area contributed by atoms with E-state index >= 15 is 0 Å². The van der Waals surface area contributed by atoms with Crippen LogP contribution >= 0.6 is 0 Å². The first-order valence-electron chi connectivity index (χ1n) is 6.23. The van der Waals surface area contributed by atoms with Gasteiger partial charge in [-0.15, -0.1) is 0 Å². The monoisotopic (exact) mass is 228 g/mol. The summed E-state index contributed by atoms with van der Waals surface area (Å²) >= 11 is 0. The van der Waals surface area contributed by atoms with Gasteiger partial charge >= 0.3 is 0 Å². The maximum Gasteiger partial charge on any atom is 0.0704 e. The van der Waals surface area contributed by atoms with Crippen LogP contribution in [0.25, 0.3) is 10.9 Å². The second-order valence-electron chi connectivity index (χ2n) is 4.74. The molecule has 2 atom stereocenters. The maximum absolute atomic E-state index is 4.41. The summed E-state index contributed by atoms with van der Waals surface area (Å²) in [5.41, 5.74) is 2.49. The molecule has 2 nitrogen and oxygen atoms in total. The minimum absolute atomic E-state index is 0.539. The van der Waals surface area contributed by atoms with Gasteiger partial charge in [0.2, 0.25) is 0 Å². The number of nitrogens with zero attached hydrogens (tertiary/aromatic N) is 1. The fourth-order valence-electron chi connectivity index (χ4n) is 2.33. The number of aromatic nitrogens is 1. The first kappa shape index (κ1) is 12.1. The van der Waals surface area contributed by atoms with Crippen LogP contribution in [-0.2, 0) is 0 Å². The quantitative estimate of drug-likeness (QED) is 0.868. The second-order valence-corrected chi connectivity index (χ2v) is 4.74. The standard InChI is InChI=1S/C15H20N2/c1-11(10-12(2)16-3)13-6-4-8-15-14(13)7-5-9-17-15/h4-9,11-12,16H,10H2,1-3H3. The molecule has 1 heterocycles. The molecule has 2 unspecified atom stereocenters. The number of hydrogen-bond donors (Lipinski definition) is 1. The largest absolute Gasteiger partial charge is 0.317 e. The molecule has 0 aliphatic carbocycles. The van der Waals surface area contributed by atoms with Crippen molar-refractivity contribution in [1.29, 1.82) is 0 Å². The van der Waals surface area contributed by atoms with Crippen molar-refractivity contribution in [2.24, 2.45) is 0 Å². The second kappa shape index (κ2) is 5.28. The molecule has 0 saturated carbocycles. The summed E-state index contributed by atoms with van der Waals surface area (Å²) in [6, 6.07) is 11.1. The van der Waals surface area contributed by atoms with E-state index in [1.807, 2.05) is 19.3 Å². The van der Waals surface area contributed by atoms with E-state index in [1.54, 1.807) is 0 Å². The molecule has 0 spiro atoms. The number of nitrogens with one attached hydrogen (secondary N) is 1. The minimum Gasteiger partial charge on any atom is -0.317 e. The first-order valence-corrected chi connectivity index (χ1v) is 6.23. The third-order valence-corrected chi connectivity index (χ3v) is 3.41. The van der Waals surface area contributed by atoms with E-state index in [4.69, 9.17) is 0 Å². The minimum atomic E-state index is 0.539. The summed E-state index contributed by atoms with van der Waals surface area (Å²) < 4.78 is 0. The van der Waals surface area contributed by atoms with Crippen LogP contribution < -0.4 is 5.32 Å². The van der Waals surface area contributed by atoms with E-state index in [0.717, 1.165) is 11.9 Å². The van der Waals surface area contributed by atoms with E-state index in [9.17, 15) is 0 Å². The van der Waals surface area contributed by atoms with E-state index in [-0.39, 0.29) is 0 Å². The fraction of sp³-hybridized carbons (Fsp3) is 0.400. The van der Waals surface area contributed by atoms with Crippen molar-refractivity contribution >= 4 is 10.9 Å². The molecular weight excluding hydrogens is 208 g/mol. The smallest absolute Gasteiger partial charge is 0.0704 e. The Morgan fingerprint density at radius 2 is 2.00 bits per heavy atom. The zero-order valence-corrected chi connectivity index (χ0v) is 10.8. The van der Waals surface area contributed by atoms with Gasteiger partial charge in [0.1, 0.15) is 0 Å². The molecule has 1 N–H and O–H groups in total. The van der Waals surface area contributed by atoms with E-state index in [2.05, 4.69) is 48.4 Å². The topological polar surface area (TPSA) is 24.9 Å². The molecule has 17 heavy (non-hydrogen) atoms. The number of fused-ring (bicyclic) bond motifs is 1. The maximum atomic E-state index is 4.41. The molecule has 1 aromatic heterocycles. The molecule has 2 aromatic rings. The molecule has 0 amide bonds. The molecule has 0 aliphatic heterocycles. The van der Waals surface area contributed by atoms with E-state index < -0.39 is 0 Å². The number of hydrogen-bond acceptors (Lipinski definition) is 2. The van der Waals surface area contributed by atoms with Crippen LogP contribution in [0.2, 0.25) is 0 Å². The fourth-order valence-corrected chi connectivity index (χ4v) is 2.33. The van der Waals surface area contributed by atoms with Crippen LogP contribution in [0.3, 0.4) is 0 Å². The highest BCUT2D eigenvalue weighted by Gasteiger charge is 2.12. The predicted octanol–water partition coefficient (Wildman–Crippen LogP) is 3.34. The average molecular weight is 228 g/mol. The summed E-state index contributed by atoms with van der Waals surface area (Å²) in [5, 5.41) is 4.58. The number of pyridine rings is 1. The van der Waals surface area contributed by atoms with Gasteiger partial charge in [-0.2, -0.15) is 0 Å². The van der Waals surface area contributed by atoms with Gasteiger partial charge in [-0.05, 0) is 44.0 Å². The SMILES string of the molecule is CNC(C)CC(C)c1cccc2ncccc12. The zero-order chi connectivity index (χ0) is 12.3. The summed E-state index contributed by atoms with van der Waals surface area (Å²) in [7, 11) is 2.02. The van der Waals surface area contributed by atoms with Gasteiger partial charge in [-0.1, -0.05) is 25.1 Å². The third-order valence-electron chi connectivity index (χ3n) is 3.41. The Morgan fingerprint density at radius 1 is 1.18 bits per heavy atom. The molecule has 2 rings (SSSR count). The summed E-state index contributed by atoms with van der Waals surface area (Å²) in [5.74, 6) is 0.547. The Labute approximate surface area is 103 Å². The van der Waals surface area contributed by atoms with Crippen molar-refractivity contribution in [3.63, 3.8) is 0 Å². The van der Waals surface area contributed by atoms with Gasteiger partial charge in [0.05, 0.1) is 5.52 Å². The van der Waals surface area contributed by atoms with Crippen LogP contribution in [0.15, 0.2) is 36.5 Å². The van der Waals surface area contributed by atoms with Gasteiger partial charge in [-0.25, -0.2) is 0 Å². The van der Waals surface area contributed by atoms with Crippen molar-refractivity contribution in [1.82, 2.24) is 10.3 Å². The third kappa shape index (κ3) is 2.64. The summed E-state index contributed by atoms with van der Waals surface area (Å²) in [6.45, 7) is 4.51. The van der Waals surface area contributed by atoms with Crippen LogP contribution in [0, 0.1) is 0 Å². The molecule has 0 bridgehead atoms. The summed E-state index contributed by atoms with van der Waals surface area (Å²) in [4.78, 5) is 4.41. The van der Waals surface area contributed by atoms with Crippen molar-refractivity contribution < 1.29 is 0 Å². The Hall–Kier alpha value is -1.41. The van der Waals surface area contributed by atoms with Gasteiger partial charge < -0.3 is 5.32 Å². The lowest BCUT2D eigenvalue weighted by Gasteiger charge is -2.18. The van der Waals surface area contributed by atoms with Crippen LogP contribution in [-0.4, -0.2) is 18.1 Å². The average Bonchev–Trinajstić information content (AvgIpc) is 2.37. The van der Waals surface area contributed by atoms with Crippen molar-refractivity contribution in [3.8, 4) is 0 Å². The Morgan fingerprint density at radius 3 is 2.76 bits per heavy atom. The van der Waals surface area contributed by atoms with Gasteiger partial charge in [-0.3, -0.25) is 4.98 Å². The normalized spacial score (nSPS) is 14.8. The lowest BCUT2D eigenvalue weighted by atomic mass is 9.91. The lowest BCUT2D eigenvalue weighted by molar-refractivity contribution is 0.517. The molecule has 0 saturated heterocycles. The lowest BCUT2D eigenvalue weighted by Crippen LogP contribution is -2.23. The molecule has 2 heteroatoms. The summed E-state index contributed by atoms with van der Waals surface area (Å²) in [6.07, 6.45) is 3.00. The molecule has 0 fully saturated rings. The Bertz CT molecular complexity index is 488. The highest BCUT2D eigenvalue weighted by molar-refractivity contribution is 5.82. The molecule has 90 valence electrons. The zero-order valence-electron chi connectivity index (χ0n) is 10.8.